The molecule has 0 aliphatic heterocycles. The number of carbonyl (C=O) groups excluding carboxylic acids is 2. The molecule has 0 saturated carbocycles. The van der Waals surface area contributed by atoms with Gasteiger partial charge in [-0.05, 0) is 44.7 Å². The standard InChI is InChI=1S/C21H22N4O3S/c1-2-28-20(27)16-13-29-21(22-16)23-19(26)18-15-11-7-4-8-12-17(15)25(24-18)14-9-5-3-6-10-14/h3,5-6,9-10,13H,2,4,7-8,11-12H2,1H3,(H,22,23,26). The van der Waals surface area contributed by atoms with Crippen molar-refractivity contribution in [3.63, 3.8) is 0 Å². The van der Waals surface area contributed by atoms with Gasteiger partial charge in [-0.3, -0.25) is 10.1 Å². The molecule has 2 aromatic heterocycles. The molecule has 1 amide bonds. The second kappa shape index (κ2) is 8.57. The van der Waals surface area contributed by atoms with E-state index in [9.17, 15) is 9.59 Å². The zero-order valence-corrected chi connectivity index (χ0v) is 17.0. The first kappa shape index (κ1) is 19.3. The number of para-hydroxylation sites is 1. The normalized spacial score (nSPS) is 13.4. The molecule has 1 aliphatic carbocycles. The largest absolute Gasteiger partial charge is 0.461 e. The fourth-order valence-electron chi connectivity index (χ4n) is 3.53. The van der Waals surface area contributed by atoms with Crippen LogP contribution in [0.2, 0.25) is 0 Å². The van der Waals surface area contributed by atoms with Gasteiger partial charge in [0.25, 0.3) is 5.91 Å². The maximum absolute atomic E-state index is 13.0. The molecule has 4 rings (SSSR count). The number of esters is 1. The van der Waals surface area contributed by atoms with Crippen molar-refractivity contribution < 1.29 is 14.3 Å². The maximum Gasteiger partial charge on any atom is 0.357 e. The first-order valence-electron chi connectivity index (χ1n) is 9.77. The van der Waals surface area contributed by atoms with Crippen molar-refractivity contribution in [2.45, 2.75) is 39.0 Å². The minimum Gasteiger partial charge on any atom is -0.461 e. The van der Waals surface area contributed by atoms with Gasteiger partial charge < -0.3 is 4.74 Å². The lowest BCUT2D eigenvalue weighted by Gasteiger charge is -2.06. The summed E-state index contributed by atoms with van der Waals surface area (Å²) < 4.78 is 6.84. The number of amides is 1. The number of aromatic nitrogens is 3. The van der Waals surface area contributed by atoms with E-state index < -0.39 is 5.97 Å². The van der Waals surface area contributed by atoms with Gasteiger partial charge in [-0.1, -0.05) is 24.6 Å². The van der Waals surface area contributed by atoms with Crippen molar-refractivity contribution in [2.75, 3.05) is 11.9 Å². The van der Waals surface area contributed by atoms with Crippen LogP contribution in [0.15, 0.2) is 35.7 Å². The number of anilines is 1. The minimum absolute atomic E-state index is 0.195. The van der Waals surface area contributed by atoms with Crippen molar-refractivity contribution in [3.05, 3.63) is 58.4 Å². The number of rotatable bonds is 5. The summed E-state index contributed by atoms with van der Waals surface area (Å²) in [5.74, 6) is -0.797. The fraction of sp³-hybridized carbons (Fsp3) is 0.333. The van der Waals surface area contributed by atoms with E-state index >= 15 is 0 Å². The molecule has 0 fully saturated rings. The summed E-state index contributed by atoms with van der Waals surface area (Å²) in [7, 11) is 0. The summed E-state index contributed by atoms with van der Waals surface area (Å²) in [5, 5.41) is 9.39. The molecule has 2 heterocycles. The van der Waals surface area contributed by atoms with E-state index in [1.165, 1.54) is 11.3 Å². The molecule has 1 aliphatic rings. The van der Waals surface area contributed by atoms with Crippen LogP contribution in [0.1, 0.15) is 58.4 Å². The zero-order valence-electron chi connectivity index (χ0n) is 16.2. The average Bonchev–Trinajstić information content (AvgIpc) is 3.26. The zero-order chi connectivity index (χ0) is 20.2. The molecule has 3 aromatic rings. The Balaban J connectivity index is 1.63. The molecular formula is C21H22N4O3S. The monoisotopic (exact) mass is 410 g/mol. The van der Waals surface area contributed by atoms with Crippen molar-refractivity contribution in [1.29, 1.82) is 0 Å². The molecule has 0 spiro atoms. The van der Waals surface area contributed by atoms with E-state index in [2.05, 4.69) is 15.4 Å². The third-order valence-corrected chi connectivity index (χ3v) is 5.61. The summed E-state index contributed by atoms with van der Waals surface area (Å²) in [6.07, 6.45) is 4.99. The van der Waals surface area contributed by atoms with Gasteiger partial charge in [0, 0.05) is 16.6 Å². The molecule has 150 valence electrons. The van der Waals surface area contributed by atoms with Gasteiger partial charge >= 0.3 is 5.97 Å². The lowest BCUT2D eigenvalue weighted by molar-refractivity contribution is 0.0520. The smallest absolute Gasteiger partial charge is 0.357 e. The molecule has 7 nitrogen and oxygen atoms in total. The second-order valence-electron chi connectivity index (χ2n) is 6.79. The second-order valence-corrected chi connectivity index (χ2v) is 7.65. The summed E-state index contributed by atoms with van der Waals surface area (Å²) >= 11 is 1.19. The number of ether oxygens (including phenoxy) is 1. The number of carbonyl (C=O) groups is 2. The van der Waals surface area contributed by atoms with E-state index in [1.807, 2.05) is 35.0 Å². The number of thiazole rings is 1. The molecule has 1 aromatic carbocycles. The van der Waals surface area contributed by atoms with Crippen molar-refractivity contribution in [2.24, 2.45) is 0 Å². The van der Waals surface area contributed by atoms with Crippen LogP contribution in [0.3, 0.4) is 0 Å². The number of benzene rings is 1. The van der Waals surface area contributed by atoms with Crippen molar-refractivity contribution in [3.8, 4) is 5.69 Å². The van der Waals surface area contributed by atoms with Crippen LogP contribution in [-0.4, -0.2) is 33.2 Å². The predicted molar refractivity (Wildman–Crippen MR) is 111 cm³/mol. The minimum atomic E-state index is -0.494. The van der Waals surface area contributed by atoms with E-state index in [-0.39, 0.29) is 18.2 Å². The van der Waals surface area contributed by atoms with Gasteiger partial charge in [0.15, 0.2) is 16.5 Å². The highest BCUT2D eigenvalue weighted by atomic mass is 32.1. The highest BCUT2D eigenvalue weighted by molar-refractivity contribution is 7.14. The third kappa shape index (κ3) is 4.07. The Kier molecular flexibility index (Phi) is 5.71. The fourth-order valence-corrected chi connectivity index (χ4v) is 4.20. The van der Waals surface area contributed by atoms with Crippen molar-refractivity contribution >= 4 is 28.3 Å². The van der Waals surface area contributed by atoms with Crippen LogP contribution in [-0.2, 0) is 17.6 Å². The Labute approximate surface area is 172 Å². The average molecular weight is 410 g/mol. The van der Waals surface area contributed by atoms with E-state index in [4.69, 9.17) is 4.74 Å². The molecule has 1 N–H and O–H groups in total. The predicted octanol–water partition coefficient (Wildman–Crippen LogP) is 4.03. The maximum atomic E-state index is 13.0. The van der Waals surface area contributed by atoms with Gasteiger partial charge in [-0.2, -0.15) is 5.10 Å². The number of nitrogens with zero attached hydrogens (tertiary/aromatic N) is 3. The summed E-state index contributed by atoms with van der Waals surface area (Å²) in [6.45, 7) is 2.02. The van der Waals surface area contributed by atoms with Gasteiger partial charge in [0.1, 0.15) is 0 Å². The van der Waals surface area contributed by atoms with E-state index in [1.54, 1.807) is 12.3 Å². The first-order chi connectivity index (χ1) is 14.2. The van der Waals surface area contributed by atoms with Crippen molar-refractivity contribution in [1.82, 2.24) is 14.8 Å². The molecule has 29 heavy (non-hydrogen) atoms. The van der Waals surface area contributed by atoms with Crippen LogP contribution in [0, 0.1) is 0 Å². The highest BCUT2D eigenvalue weighted by Gasteiger charge is 2.25. The SMILES string of the molecule is CCOC(=O)c1csc(NC(=O)c2nn(-c3ccccc3)c3c2CCCCC3)n1. The quantitative estimate of drug-likeness (QED) is 0.507. The van der Waals surface area contributed by atoms with Gasteiger partial charge in [0.05, 0.1) is 12.3 Å². The van der Waals surface area contributed by atoms with Gasteiger partial charge in [-0.15, -0.1) is 11.3 Å². The Hall–Kier alpha value is -3.00. The first-order valence-corrected chi connectivity index (χ1v) is 10.7. The Bertz CT molecular complexity index is 1030. The molecule has 0 unspecified atom stereocenters. The van der Waals surface area contributed by atoms with E-state index in [0.29, 0.717) is 10.8 Å². The molecular weight excluding hydrogens is 388 g/mol. The molecule has 8 heteroatoms. The molecule has 0 bridgehead atoms. The Morgan fingerprint density at radius 3 is 2.76 bits per heavy atom. The van der Waals surface area contributed by atoms with Gasteiger partial charge in [0.2, 0.25) is 0 Å². The molecule has 0 saturated heterocycles. The van der Waals surface area contributed by atoms with Crippen LogP contribution >= 0.6 is 11.3 Å². The topological polar surface area (TPSA) is 86.1 Å². The third-order valence-electron chi connectivity index (χ3n) is 4.86. The lowest BCUT2D eigenvalue weighted by atomic mass is 10.1. The highest BCUT2D eigenvalue weighted by Crippen LogP contribution is 2.27. The van der Waals surface area contributed by atoms with Gasteiger partial charge in [-0.25, -0.2) is 14.5 Å². The Morgan fingerprint density at radius 2 is 1.97 bits per heavy atom. The molecule has 0 radical (unpaired) electrons. The summed E-state index contributed by atoms with van der Waals surface area (Å²) in [4.78, 5) is 29.0. The number of fused-ring (bicyclic) bond motifs is 1. The number of nitrogens with one attached hydrogen (secondary N) is 1. The summed E-state index contributed by atoms with van der Waals surface area (Å²) in [5.41, 5.74) is 3.68. The Morgan fingerprint density at radius 1 is 1.17 bits per heavy atom. The number of hydrogen-bond donors (Lipinski definition) is 1. The lowest BCUT2D eigenvalue weighted by Crippen LogP contribution is -2.15. The molecule has 0 atom stereocenters. The van der Waals surface area contributed by atoms with Crippen LogP contribution < -0.4 is 5.32 Å². The van der Waals surface area contributed by atoms with Crippen LogP contribution in [0.25, 0.3) is 5.69 Å². The van der Waals surface area contributed by atoms with E-state index in [0.717, 1.165) is 49.0 Å². The van der Waals surface area contributed by atoms with Crippen LogP contribution in [0.5, 0.6) is 0 Å². The summed E-state index contributed by atoms with van der Waals surface area (Å²) in [6, 6.07) is 9.88. The van der Waals surface area contributed by atoms with Crippen LogP contribution in [0.4, 0.5) is 5.13 Å². The number of hydrogen-bond acceptors (Lipinski definition) is 6.